The molecule has 2 heterocycles. The van der Waals surface area contributed by atoms with Crippen molar-refractivity contribution in [3.8, 4) is 23.4 Å². The Morgan fingerprint density at radius 1 is 1.33 bits per heavy atom. The number of aromatic nitrogens is 1. The molecule has 0 atom stereocenters. The fourth-order valence-corrected chi connectivity index (χ4v) is 2.26. The number of hydrogen-bond acceptors (Lipinski definition) is 5. The Bertz CT molecular complexity index is 818. The molecule has 0 aliphatic carbocycles. The first-order valence-corrected chi connectivity index (χ1v) is 6.32. The summed E-state index contributed by atoms with van der Waals surface area (Å²) in [4.78, 5) is 12.0. The maximum atomic E-state index is 12.0. The first-order valence-electron chi connectivity index (χ1n) is 6.32. The molecule has 1 aromatic heterocycles. The first-order chi connectivity index (χ1) is 10.1. The molecule has 2 aromatic rings. The molecule has 3 rings (SSSR count). The maximum absolute atomic E-state index is 12.0. The Labute approximate surface area is 120 Å². The average molecular weight is 284 g/mol. The van der Waals surface area contributed by atoms with Crippen LogP contribution in [0.1, 0.15) is 16.7 Å². The van der Waals surface area contributed by atoms with Gasteiger partial charge >= 0.3 is 0 Å². The van der Waals surface area contributed by atoms with Crippen molar-refractivity contribution < 1.29 is 14.6 Å². The molecule has 0 saturated heterocycles. The largest absolute Gasteiger partial charge is 0.493 e. The van der Waals surface area contributed by atoms with E-state index < -0.39 is 0 Å². The quantitative estimate of drug-likeness (QED) is 0.903. The van der Waals surface area contributed by atoms with E-state index in [1.54, 1.807) is 25.1 Å². The fraction of sp³-hybridized carbons (Fsp3) is 0.200. The molecular formula is C15H12N2O4. The smallest absolute Gasteiger partial charge is 0.253 e. The van der Waals surface area contributed by atoms with E-state index in [2.05, 4.69) is 0 Å². The average Bonchev–Trinajstić information content (AvgIpc) is 2.91. The molecular weight excluding hydrogens is 272 g/mol. The van der Waals surface area contributed by atoms with E-state index >= 15 is 0 Å². The summed E-state index contributed by atoms with van der Waals surface area (Å²) < 4.78 is 11.7. The van der Waals surface area contributed by atoms with Crippen LogP contribution in [-0.2, 0) is 6.54 Å². The molecule has 0 saturated carbocycles. The number of nitrogens with zero attached hydrogens (tertiary/aromatic N) is 2. The van der Waals surface area contributed by atoms with E-state index in [1.165, 1.54) is 6.07 Å². The van der Waals surface area contributed by atoms with Gasteiger partial charge in [-0.3, -0.25) is 9.36 Å². The van der Waals surface area contributed by atoms with Crippen LogP contribution in [0.5, 0.6) is 17.4 Å². The van der Waals surface area contributed by atoms with E-state index in [4.69, 9.17) is 14.7 Å². The topological polar surface area (TPSA) is 84.5 Å². The lowest BCUT2D eigenvalue weighted by atomic mass is 10.1. The summed E-state index contributed by atoms with van der Waals surface area (Å²) in [5.41, 5.74) is 0.975. The molecule has 0 bridgehead atoms. The van der Waals surface area contributed by atoms with Crippen LogP contribution in [0.2, 0.25) is 0 Å². The minimum Gasteiger partial charge on any atom is -0.493 e. The van der Waals surface area contributed by atoms with E-state index in [-0.39, 0.29) is 30.3 Å². The molecule has 106 valence electrons. The van der Waals surface area contributed by atoms with Crippen molar-refractivity contribution in [3.05, 3.63) is 51.3 Å². The monoisotopic (exact) mass is 284 g/mol. The molecule has 1 aliphatic heterocycles. The van der Waals surface area contributed by atoms with Crippen molar-refractivity contribution >= 4 is 0 Å². The minimum absolute atomic E-state index is 0.107. The number of hydrogen-bond donors (Lipinski definition) is 1. The predicted octanol–water partition coefficient (Wildman–Crippen LogP) is 1.51. The number of pyridine rings is 1. The van der Waals surface area contributed by atoms with Crippen LogP contribution in [0.25, 0.3) is 0 Å². The molecule has 6 heteroatoms. The van der Waals surface area contributed by atoms with Crippen LogP contribution in [0.3, 0.4) is 0 Å². The standard InChI is InChI=1S/C15H12N2O4/c1-9-4-14(18)17(15(19)11(9)6-16)7-10-2-3-12-13(5-10)21-8-20-12/h2-5,19H,7-8H2,1H3. The SMILES string of the molecule is Cc1cc(=O)n(Cc2ccc3c(c2)OCO3)c(O)c1C#N. The van der Waals surface area contributed by atoms with Gasteiger partial charge in [-0.1, -0.05) is 6.07 Å². The molecule has 0 spiro atoms. The number of rotatable bonds is 2. The van der Waals surface area contributed by atoms with E-state index in [0.29, 0.717) is 17.1 Å². The van der Waals surface area contributed by atoms with Gasteiger partial charge in [0.25, 0.3) is 5.56 Å². The van der Waals surface area contributed by atoms with Crippen molar-refractivity contribution in [2.75, 3.05) is 6.79 Å². The summed E-state index contributed by atoms with van der Waals surface area (Å²) in [6, 6.07) is 8.53. The highest BCUT2D eigenvalue weighted by molar-refractivity contribution is 5.46. The van der Waals surface area contributed by atoms with Crippen LogP contribution in [-0.4, -0.2) is 16.5 Å². The summed E-state index contributed by atoms with van der Waals surface area (Å²) in [7, 11) is 0. The van der Waals surface area contributed by atoms with Crippen molar-refractivity contribution in [3.63, 3.8) is 0 Å². The summed E-state index contributed by atoms with van der Waals surface area (Å²) in [5, 5.41) is 19.1. The highest BCUT2D eigenvalue weighted by Gasteiger charge is 2.16. The summed E-state index contributed by atoms with van der Waals surface area (Å²) in [6.45, 7) is 1.94. The minimum atomic E-state index is -0.360. The van der Waals surface area contributed by atoms with Crippen molar-refractivity contribution in [1.82, 2.24) is 4.57 Å². The number of fused-ring (bicyclic) bond motifs is 1. The van der Waals surface area contributed by atoms with E-state index in [1.807, 2.05) is 6.07 Å². The van der Waals surface area contributed by atoms with Crippen LogP contribution in [0.4, 0.5) is 0 Å². The van der Waals surface area contributed by atoms with Gasteiger partial charge in [0.15, 0.2) is 11.5 Å². The third-order valence-corrected chi connectivity index (χ3v) is 3.37. The zero-order chi connectivity index (χ0) is 15.0. The van der Waals surface area contributed by atoms with Gasteiger partial charge in [0, 0.05) is 6.07 Å². The third-order valence-electron chi connectivity index (χ3n) is 3.37. The first kappa shape index (κ1) is 13.1. The molecule has 1 aromatic carbocycles. The van der Waals surface area contributed by atoms with E-state index in [9.17, 15) is 9.90 Å². The molecule has 1 aliphatic rings. The van der Waals surface area contributed by atoms with Gasteiger partial charge in [-0.2, -0.15) is 5.26 Å². The molecule has 0 unspecified atom stereocenters. The fourth-order valence-electron chi connectivity index (χ4n) is 2.26. The van der Waals surface area contributed by atoms with Gasteiger partial charge in [0.05, 0.1) is 6.54 Å². The van der Waals surface area contributed by atoms with Crippen molar-refractivity contribution in [2.24, 2.45) is 0 Å². The molecule has 0 radical (unpaired) electrons. The van der Waals surface area contributed by atoms with Gasteiger partial charge in [0.1, 0.15) is 11.6 Å². The Balaban J connectivity index is 2.03. The summed E-state index contributed by atoms with van der Waals surface area (Å²) in [5.74, 6) is 0.935. The second kappa shape index (κ2) is 4.87. The molecule has 6 nitrogen and oxygen atoms in total. The van der Waals surface area contributed by atoms with E-state index in [0.717, 1.165) is 10.1 Å². The van der Waals surface area contributed by atoms with Gasteiger partial charge < -0.3 is 14.6 Å². The highest BCUT2D eigenvalue weighted by Crippen LogP contribution is 2.33. The normalized spacial score (nSPS) is 12.2. The molecule has 0 amide bonds. The van der Waals surface area contributed by atoms with Gasteiger partial charge in [-0.25, -0.2) is 0 Å². The van der Waals surface area contributed by atoms with Crippen molar-refractivity contribution in [1.29, 1.82) is 5.26 Å². The Kier molecular flexibility index (Phi) is 3.03. The Hall–Kier alpha value is -2.94. The highest BCUT2D eigenvalue weighted by atomic mass is 16.7. The molecule has 1 N–H and O–H groups in total. The zero-order valence-electron chi connectivity index (χ0n) is 11.3. The van der Waals surface area contributed by atoms with Gasteiger partial charge in [-0.15, -0.1) is 0 Å². The van der Waals surface area contributed by atoms with Crippen molar-refractivity contribution in [2.45, 2.75) is 13.5 Å². The summed E-state index contributed by atoms with van der Waals surface area (Å²) >= 11 is 0. The van der Waals surface area contributed by atoms with Gasteiger partial charge in [0.2, 0.25) is 12.7 Å². The third kappa shape index (κ3) is 2.19. The lowest BCUT2D eigenvalue weighted by molar-refractivity contribution is 0.174. The predicted molar refractivity (Wildman–Crippen MR) is 73.5 cm³/mol. The second-order valence-electron chi connectivity index (χ2n) is 4.75. The van der Waals surface area contributed by atoms with Crippen LogP contribution < -0.4 is 15.0 Å². The maximum Gasteiger partial charge on any atom is 0.253 e. The number of aromatic hydroxyl groups is 1. The second-order valence-corrected chi connectivity index (χ2v) is 4.75. The van der Waals surface area contributed by atoms with Crippen LogP contribution >= 0.6 is 0 Å². The molecule has 21 heavy (non-hydrogen) atoms. The number of nitriles is 1. The Morgan fingerprint density at radius 2 is 2.10 bits per heavy atom. The van der Waals surface area contributed by atoms with Gasteiger partial charge in [-0.05, 0) is 30.2 Å². The number of aryl methyl sites for hydroxylation is 1. The Morgan fingerprint density at radius 3 is 2.86 bits per heavy atom. The lowest BCUT2D eigenvalue weighted by Gasteiger charge is -2.11. The number of benzene rings is 1. The summed E-state index contributed by atoms with van der Waals surface area (Å²) in [6.07, 6.45) is 0. The van der Waals surface area contributed by atoms with Crippen LogP contribution in [0, 0.1) is 18.3 Å². The lowest BCUT2D eigenvalue weighted by Crippen LogP contribution is -2.21. The molecule has 0 fully saturated rings. The zero-order valence-corrected chi connectivity index (χ0v) is 11.3. The van der Waals surface area contributed by atoms with Crippen LogP contribution in [0.15, 0.2) is 29.1 Å². The number of ether oxygens (including phenoxy) is 2.